The zero-order valence-electron chi connectivity index (χ0n) is 8.77. The monoisotopic (exact) mass is 208 g/mol. The molecule has 0 aliphatic heterocycles. The van der Waals surface area contributed by atoms with Crippen molar-refractivity contribution in [2.75, 3.05) is 17.6 Å². The second-order valence-corrected chi connectivity index (χ2v) is 4.04. The van der Waals surface area contributed by atoms with E-state index in [2.05, 4.69) is 15.3 Å². The van der Waals surface area contributed by atoms with Crippen molar-refractivity contribution in [3.63, 3.8) is 0 Å². The fourth-order valence-corrected chi connectivity index (χ4v) is 1.35. The fourth-order valence-electron chi connectivity index (χ4n) is 1.35. The van der Waals surface area contributed by atoms with Gasteiger partial charge >= 0.3 is 0 Å². The summed E-state index contributed by atoms with van der Waals surface area (Å²) in [5.41, 5.74) is 5.68. The molecule has 1 unspecified atom stereocenters. The number of nitrogens with one attached hydrogen (secondary N) is 1. The molecule has 1 aliphatic rings. The molecular weight excluding hydrogens is 192 g/mol. The first-order valence-electron chi connectivity index (χ1n) is 5.21. The topological polar surface area (TPSA) is 84.1 Å². The molecule has 4 N–H and O–H groups in total. The largest absolute Gasteiger partial charge is 0.392 e. The van der Waals surface area contributed by atoms with Crippen LogP contribution in [0.1, 0.15) is 31.5 Å². The standard InChI is InChI=1S/C10H16N4O/c1-6(15)5-12-9-4-8(11)13-10(14-9)7-2-3-7/h4,6-7,15H,2-3,5H2,1H3,(H3,11,12,13,14). The Labute approximate surface area is 88.7 Å². The number of nitrogens with two attached hydrogens (primary N) is 1. The molecule has 0 aromatic carbocycles. The third kappa shape index (κ3) is 2.79. The summed E-state index contributed by atoms with van der Waals surface area (Å²) < 4.78 is 0. The quantitative estimate of drug-likeness (QED) is 0.679. The van der Waals surface area contributed by atoms with Crippen molar-refractivity contribution in [3.8, 4) is 0 Å². The van der Waals surface area contributed by atoms with Gasteiger partial charge in [-0.05, 0) is 19.8 Å². The van der Waals surface area contributed by atoms with Gasteiger partial charge in [-0.3, -0.25) is 0 Å². The van der Waals surface area contributed by atoms with Crippen LogP contribution in [0.4, 0.5) is 11.6 Å². The van der Waals surface area contributed by atoms with Crippen LogP contribution in [0.3, 0.4) is 0 Å². The molecule has 2 rings (SSSR count). The summed E-state index contributed by atoms with van der Waals surface area (Å²) in [6.45, 7) is 2.19. The summed E-state index contributed by atoms with van der Waals surface area (Å²) in [6.07, 6.45) is 1.91. The predicted molar refractivity (Wildman–Crippen MR) is 58.6 cm³/mol. The van der Waals surface area contributed by atoms with E-state index in [1.807, 2.05) is 0 Å². The van der Waals surface area contributed by atoms with E-state index in [1.54, 1.807) is 13.0 Å². The van der Waals surface area contributed by atoms with Gasteiger partial charge in [-0.2, -0.15) is 0 Å². The Hall–Kier alpha value is -1.36. The lowest BCUT2D eigenvalue weighted by atomic mass is 10.3. The van der Waals surface area contributed by atoms with Crippen LogP contribution in [-0.4, -0.2) is 27.7 Å². The molecule has 1 aliphatic carbocycles. The third-order valence-corrected chi connectivity index (χ3v) is 2.28. The Morgan fingerprint density at radius 1 is 1.60 bits per heavy atom. The summed E-state index contributed by atoms with van der Waals surface area (Å²) in [5, 5.41) is 12.2. The zero-order chi connectivity index (χ0) is 10.8. The van der Waals surface area contributed by atoms with E-state index in [4.69, 9.17) is 10.8 Å². The van der Waals surface area contributed by atoms with Crippen molar-refractivity contribution < 1.29 is 5.11 Å². The van der Waals surface area contributed by atoms with E-state index in [-0.39, 0.29) is 0 Å². The SMILES string of the molecule is CC(O)CNc1cc(N)nc(C2CC2)n1. The normalized spacial score (nSPS) is 17.5. The van der Waals surface area contributed by atoms with Crippen LogP contribution < -0.4 is 11.1 Å². The van der Waals surface area contributed by atoms with Gasteiger partial charge in [-0.25, -0.2) is 9.97 Å². The molecule has 0 bridgehead atoms. The molecule has 0 amide bonds. The van der Waals surface area contributed by atoms with E-state index < -0.39 is 6.10 Å². The van der Waals surface area contributed by atoms with Crippen LogP contribution >= 0.6 is 0 Å². The Balaban J connectivity index is 2.09. The predicted octanol–water partition coefficient (Wildman–Crippen LogP) is 0.729. The van der Waals surface area contributed by atoms with Gasteiger partial charge < -0.3 is 16.2 Å². The van der Waals surface area contributed by atoms with Crippen LogP contribution in [0.15, 0.2) is 6.07 Å². The first-order valence-corrected chi connectivity index (χ1v) is 5.21. The van der Waals surface area contributed by atoms with E-state index in [1.165, 1.54) is 0 Å². The summed E-state index contributed by atoms with van der Waals surface area (Å²) in [6, 6.07) is 1.69. The van der Waals surface area contributed by atoms with Crippen molar-refractivity contribution in [1.82, 2.24) is 9.97 Å². The van der Waals surface area contributed by atoms with Crippen LogP contribution in [0.2, 0.25) is 0 Å². The summed E-state index contributed by atoms with van der Waals surface area (Å²) in [7, 11) is 0. The number of aliphatic hydroxyl groups is 1. The van der Waals surface area contributed by atoms with Crippen LogP contribution in [0.5, 0.6) is 0 Å². The van der Waals surface area contributed by atoms with Crippen molar-refractivity contribution in [2.24, 2.45) is 0 Å². The van der Waals surface area contributed by atoms with Crippen molar-refractivity contribution in [3.05, 3.63) is 11.9 Å². The average molecular weight is 208 g/mol. The van der Waals surface area contributed by atoms with Crippen LogP contribution in [0, 0.1) is 0 Å². The molecule has 1 aromatic heterocycles. The number of aromatic nitrogens is 2. The average Bonchev–Trinajstić information content (AvgIpc) is 2.97. The van der Waals surface area contributed by atoms with E-state index >= 15 is 0 Å². The maximum atomic E-state index is 9.14. The Morgan fingerprint density at radius 3 is 2.93 bits per heavy atom. The molecule has 1 atom stereocenters. The molecule has 5 heteroatoms. The molecule has 0 radical (unpaired) electrons. The van der Waals surface area contributed by atoms with E-state index in [0.717, 1.165) is 18.7 Å². The molecule has 0 spiro atoms. The van der Waals surface area contributed by atoms with Crippen LogP contribution in [0.25, 0.3) is 0 Å². The number of rotatable bonds is 4. The van der Waals surface area contributed by atoms with Gasteiger partial charge in [0.1, 0.15) is 17.5 Å². The molecule has 1 heterocycles. The van der Waals surface area contributed by atoms with Crippen LogP contribution in [-0.2, 0) is 0 Å². The highest BCUT2D eigenvalue weighted by atomic mass is 16.3. The Kier molecular flexibility index (Phi) is 2.73. The number of nitrogen functional groups attached to an aromatic ring is 1. The minimum atomic E-state index is -0.398. The summed E-state index contributed by atoms with van der Waals surface area (Å²) >= 11 is 0. The van der Waals surface area contributed by atoms with Crippen molar-refractivity contribution >= 4 is 11.6 Å². The van der Waals surface area contributed by atoms with Gasteiger partial charge in [-0.15, -0.1) is 0 Å². The Morgan fingerprint density at radius 2 is 2.33 bits per heavy atom. The van der Waals surface area contributed by atoms with E-state index in [0.29, 0.717) is 24.1 Å². The zero-order valence-corrected chi connectivity index (χ0v) is 8.77. The number of hydrogen-bond acceptors (Lipinski definition) is 5. The van der Waals surface area contributed by atoms with Crippen molar-refractivity contribution in [2.45, 2.75) is 31.8 Å². The molecule has 0 saturated heterocycles. The highest BCUT2D eigenvalue weighted by Gasteiger charge is 2.27. The maximum absolute atomic E-state index is 9.14. The molecule has 1 fully saturated rings. The third-order valence-electron chi connectivity index (χ3n) is 2.28. The Bertz CT molecular complexity index is 349. The van der Waals surface area contributed by atoms with Gasteiger partial charge in [0, 0.05) is 18.5 Å². The van der Waals surface area contributed by atoms with Gasteiger partial charge in [0.25, 0.3) is 0 Å². The van der Waals surface area contributed by atoms with E-state index in [9.17, 15) is 0 Å². The van der Waals surface area contributed by atoms with Gasteiger partial charge in [0.2, 0.25) is 0 Å². The fraction of sp³-hybridized carbons (Fsp3) is 0.600. The first kappa shape index (κ1) is 10.2. The molecule has 82 valence electrons. The summed E-state index contributed by atoms with van der Waals surface area (Å²) in [5.74, 6) is 2.49. The number of anilines is 2. The molecule has 5 nitrogen and oxygen atoms in total. The lowest BCUT2D eigenvalue weighted by molar-refractivity contribution is 0.208. The molecule has 1 aromatic rings. The van der Waals surface area contributed by atoms with Gasteiger partial charge in [0.05, 0.1) is 6.10 Å². The van der Waals surface area contributed by atoms with Crippen molar-refractivity contribution in [1.29, 1.82) is 0 Å². The lowest BCUT2D eigenvalue weighted by Crippen LogP contribution is -2.16. The minimum Gasteiger partial charge on any atom is -0.392 e. The maximum Gasteiger partial charge on any atom is 0.136 e. The molecule has 1 saturated carbocycles. The summed E-state index contributed by atoms with van der Waals surface area (Å²) in [4.78, 5) is 8.54. The van der Waals surface area contributed by atoms with Gasteiger partial charge in [0.15, 0.2) is 0 Å². The highest BCUT2D eigenvalue weighted by Crippen LogP contribution is 2.38. The number of hydrogen-bond donors (Lipinski definition) is 3. The van der Waals surface area contributed by atoms with Gasteiger partial charge in [-0.1, -0.05) is 0 Å². The second-order valence-electron chi connectivity index (χ2n) is 4.04. The smallest absolute Gasteiger partial charge is 0.136 e. The lowest BCUT2D eigenvalue weighted by Gasteiger charge is -2.09. The highest BCUT2D eigenvalue weighted by molar-refractivity contribution is 5.45. The number of aliphatic hydroxyl groups excluding tert-OH is 1. The number of nitrogens with zero attached hydrogens (tertiary/aromatic N) is 2. The molecule has 15 heavy (non-hydrogen) atoms. The minimum absolute atomic E-state index is 0.398. The second kappa shape index (κ2) is 4.02. The molecular formula is C10H16N4O. The first-order chi connectivity index (χ1) is 7.15.